The third-order valence-corrected chi connectivity index (χ3v) is 5.01. The lowest BCUT2D eigenvalue weighted by atomic mass is 10.1. The molecule has 0 amide bonds. The molecule has 29 heavy (non-hydrogen) atoms. The molecule has 0 heterocycles. The quantitative estimate of drug-likeness (QED) is 0.364. The van der Waals surface area contributed by atoms with Crippen LogP contribution < -0.4 is 10.6 Å². The number of benzene rings is 4. The molecule has 0 aliphatic carbocycles. The topological polar surface area (TPSA) is 24.1 Å². The molecule has 0 aliphatic heterocycles. The van der Waals surface area contributed by atoms with Gasteiger partial charge in [0.25, 0.3) is 0 Å². The zero-order chi connectivity index (χ0) is 19.9. The predicted molar refractivity (Wildman–Crippen MR) is 125 cm³/mol. The van der Waals surface area contributed by atoms with Crippen molar-refractivity contribution in [3.63, 3.8) is 0 Å². The van der Waals surface area contributed by atoms with Gasteiger partial charge in [0, 0.05) is 24.0 Å². The van der Waals surface area contributed by atoms with Gasteiger partial charge in [-0.3, -0.25) is 0 Å². The first-order valence-electron chi connectivity index (χ1n) is 10.1. The van der Waals surface area contributed by atoms with Crippen LogP contribution >= 0.6 is 0 Å². The van der Waals surface area contributed by atoms with Crippen molar-refractivity contribution in [3.05, 3.63) is 109 Å². The molecule has 0 saturated heterocycles. The molecule has 0 aliphatic rings. The Hall–Kier alpha value is -3.52. The highest BCUT2D eigenvalue weighted by atomic mass is 15.0. The van der Waals surface area contributed by atoms with E-state index >= 15 is 0 Å². The van der Waals surface area contributed by atoms with E-state index < -0.39 is 0 Å². The molecule has 144 valence electrons. The Kier molecular flexibility index (Phi) is 5.92. The van der Waals surface area contributed by atoms with Crippen LogP contribution in [-0.4, -0.2) is 12.6 Å². The van der Waals surface area contributed by atoms with E-state index in [-0.39, 0.29) is 0 Å². The molecule has 2 N–H and O–H groups in total. The lowest BCUT2D eigenvalue weighted by molar-refractivity contribution is 0.836. The van der Waals surface area contributed by atoms with Gasteiger partial charge in [-0.05, 0) is 53.4 Å². The maximum Gasteiger partial charge on any atom is 0.0405 e. The van der Waals surface area contributed by atoms with E-state index in [1.807, 2.05) is 12.1 Å². The highest BCUT2D eigenvalue weighted by molar-refractivity contribution is 5.67. The fourth-order valence-electron chi connectivity index (χ4n) is 3.41. The summed E-state index contributed by atoms with van der Waals surface area (Å²) in [5.74, 6) is 0. The zero-order valence-electron chi connectivity index (χ0n) is 16.7. The van der Waals surface area contributed by atoms with E-state index in [9.17, 15) is 0 Å². The summed E-state index contributed by atoms with van der Waals surface area (Å²) in [5, 5.41) is 7.08. The Balaban J connectivity index is 1.30. The van der Waals surface area contributed by atoms with Crippen LogP contribution in [0.4, 0.5) is 11.4 Å². The summed E-state index contributed by atoms with van der Waals surface area (Å²) in [7, 11) is 0. The van der Waals surface area contributed by atoms with Gasteiger partial charge >= 0.3 is 0 Å². The molecule has 0 spiro atoms. The second-order valence-electron chi connectivity index (χ2n) is 7.31. The Morgan fingerprint density at radius 3 is 1.41 bits per heavy atom. The Bertz CT molecular complexity index is 1010. The van der Waals surface area contributed by atoms with E-state index in [4.69, 9.17) is 0 Å². The molecule has 4 aromatic carbocycles. The van der Waals surface area contributed by atoms with Crippen molar-refractivity contribution in [2.75, 3.05) is 17.2 Å². The lowest BCUT2D eigenvalue weighted by Gasteiger charge is -2.17. The van der Waals surface area contributed by atoms with Crippen LogP contribution in [0.3, 0.4) is 0 Å². The molecule has 1 atom stereocenters. The number of hydrogen-bond donors (Lipinski definition) is 2. The lowest BCUT2D eigenvalue weighted by Crippen LogP contribution is -2.24. The van der Waals surface area contributed by atoms with Gasteiger partial charge in [-0.2, -0.15) is 0 Å². The SMILES string of the molecule is CC(CNc1ccc(-c2ccccc2)cc1)Nc1ccc(-c2ccccc2)cc1. The monoisotopic (exact) mass is 378 g/mol. The summed E-state index contributed by atoms with van der Waals surface area (Å²) in [6, 6.07) is 38.5. The second kappa shape index (κ2) is 9.11. The second-order valence-corrected chi connectivity index (χ2v) is 7.31. The first-order valence-corrected chi connectivity index (χ1v) is 10.1. The van der Waals surface area contributed by atoms with Gasteiger partial charge in [0.2, 0.25) is 0 Å². The van der Waals surface area contributed by atoms with Crippen LogP contribution in [-0.2, 0) is 0 Å². The molecule has 2 nitrogen and oxygen atoms in total. The summed E-state index contributed by atoms with van der Waals surface area (Å²) in [4.78, 5) is 0. The van der Waals surface area contributed by atoms with Crippen LogP contribution in [0, 0.1) is 0 Å². The summed E-state index contributed by atoms with van der Waals surface area (Å²) >= 11 is 0. The largest absolute Gasteiger partial charge is 0.383 e. The van der Waals surface area contributed by atoms with Crippen molar-refractivity contribution in [2.24, 2.45) is 0 Å². The number of nitrogens with one attached hydrogen (secondary N) is 2. The molecule has 1 unspecified atom stereocenters. The maximum absolute atomic E-state index is 3.57. The highest BCUT2D eigenvalue weighted by Gasteiger charge is 2.04. The number of rotatable bonds is 7. The number of anilines is 2. The van der Waals surface area contributed by atoms with Gasteiger partial charge in [-0.25, -0.2) is 0 Å². The molecule has 2 heteroatoms. The molecule has 4 aromatic rings. The zero-order valence-corrected chi connectivity index (χ0v) is 16.7. The fourth-order valence-corrected chi connectivity index (χ4v) is 3.41. The van der Waals surface area contributed by atoms with E-state index in [1.165, 1.54) is 22.3 Å². The highest BCUT2D eigenvalue weighted by Crippen LogP contribution is 2.22. The number of hydrogen-bond acceptors (Lipinski definition) is 2. The fraction of sp³-hybridized carbons (Fsp3) is 0.111. The molecule has 0 aromatic heterocycles. The van der Waals surface area contributed by atoms with E-state index in [2.05, 4.69) is 115 Å². The maximum atomic E-state index is 3.57. The van der Waals surface area contributed by atoms with Gasteiger partial charge in [-0.15, -0.1) is 0 Å². The van der Waals surface area contributed by atoms with E-state index in [0.29, 0.717) is 6.04 Å². The average Bonchev–Trinajstić information content (AvgIpc) is 2.80. The molecule has 4 rings (SSSR count). The van der Waals surface area contributed by atoms with Gasteiger partial charge < -0.3 is 10.6 Å². The normalized spacial score (nSPS) is 11.6. The van der Waals surface area contributed by atoms with Crippen LogP contribution in [0.25, 0.3) is 22.3 Å². The molecule has 0 bridgehead atoms. The third kappa shape index (κ3) is 5.05. The van der Waals surface area contributed by atoms with Crippen molar-refractivity contribution in [1.82, 2.24) is 0 Å². The average molecular weight is 379 g/mol. The van der Waals surface area contributed by atoms with Crippen LogP contribution in [0.15, 0.2) is 109 Å². The van der Waals surface area contributed by atoms with E-state index in [0.717, 1.165) is 17.9 Å². The summed E-state index contributed by atoms with van der Waals surface area (Å²) in [6.45, 7) is 3.04. The van der Waals surface area contributed by atoms with Crippen LogP contribution in [0.1, 0.15) is 6.92 Å². The minimum absolute atomic E-state index is 0.311. The molecule has 0 radical (unpaired) electrons. The van der Waals surface area contributed by atoms with Crippen molar-refractivity contribution < 1.29 is 0 Å². The van der Waals surface area contributed by atoms with Crippen molar-refractivity contribution in [2.45, 2.75) is 13.0 Å². The van der Waals surface area contributed by atoms with Gasteiger partial charge in [0.1, 0.15) is 0 Å². The summed E-state index contributed by atoms with van der Waals surface area (Å²) in [6.07, 6.45) is 0. The first-order chi connectivity index (χ1) is 14.3. The molecular weight excluding hydrogens is 352 g/mol. The molecule has 0 saturated carbocycles. The van der Waals surface area contributed by atoms with Gasteiger partial charge in [-0.1, -0.05) is 84.9 Å². The first kappa shape index (κ1) is 18.8. The van der Waals surface area contributed by atoms with E-state index in [1.54, 1.807) is 0 Å². The van der Waals surface area contributed by atoms with Crippen molar-refractivity contribution >= 4 is 11.4 Å². The Labute approximate surface area is 173 Å². The summed E-state index contributed by atoms with van der Waals surface area (Å²) in [5.41, 5.74) is 7.23. The van der Waals surface area contributed by atoms with Crippen molar-refractivity contribution in [1.29, 1.82) is 0 Å². The van der Waals surface area contributed by atoms with Crippen molar-refractivity contribution in [3.8, 4) is 22.3 Å². The third-order valence-electron chi connectivity index (χ3n) is 5.01. The van der Waals surface area contributed by atoms with Crippen LogP contribution in [0.5, 0.6) is 0 Å². The minimum atomic E-state index is 0.311. The Morgan fingerprint density at radius 1 is 0.517 bits per heavy atom. The molecular formula is C27H26N2. The standard InChI is InChI=1S/C27H26N2/c1-21(29-27-18-14-25(15-19-27)23-10-6-3-7-11-23)20-28-26-16-12-24(13-17-26)22-8-4-2-5-9-22/h2-19,21,28-29H,20H2,1H3. The Morgan fingerprint density at radius 2 is 0.931 bits per heavy atom. The van der Waals surface area contributed by atoms with Gasteiger partial charge in [0.15, 0.2) is 0 Å². The van der Waals surface area contributed by atoms with Crippen LogP contribution in [0.2, 0.25) is 0 Å². The molecule has 0 fully saturated rings. The minimum Gasteiger partial charge on any atom is -0.383 e. The van der Waals surface area contributed by atoms with Gasteiger partial charge in [0.05, 0.1) is 0 Å². The predicted octanol–water partition coefficient (Wildman–Crippen LogP) is 6.93. The summed E-state index contributed by atoms with van der Waals surface area (Å²) < 4.78 is 0. The smallest absolute Gasteiger partial charge is 0.0405 e.